The van der Waals surface area contributed by atoms with Crippen LogP contribution in [0.1, 0.15) is 11.1 Å². The minimum atomic E-state index is 0.856. The van der Waals surface area contributed by atoms with Crippen molar-refractivity contribution in [3.8, 4) is 5.75 Å². The van der Waals surface area contributed by atoms with Crippen molar-refractivity contribution >= 4 is 11.5 Å². The Morgan fingerprint density at radius 2 is 1.90 bits per heavy atom. The van der Waals surface area contributed by atoms with E-state index >= 15 is 0 Å². The Kier molecular flexibility index (Phi) is 3.87. The minimum Gasteiger partial charge on any atom is -0.496 e. The third-order valence-corrected chi connectivity index (χ3v) is 3.32. The minimum absolute atomic E-state index is 0.856. The van der Waals surface area contributed by atoms with Crippen molar-refractivity contribution in [3.63, 3.8) is 0 Å². The van der Waals surface area contributed by atoms with Gasteiger partial charge in [0, 0.05) is 12.1 Å². The molecule has 0 aliphatic heterocycles. The van der Waals surface area contributed by atoms with E-state index in [1.807, 2.05) is 18.2 Å². The van der Waals surface area contributed by atoms with Crippen molar-refractivity contribution in [3.05, 3.63) is 72.2 Å². The fraction of sp³-hybridized carbons (Fsp3) is 0.118. The Morgan fingerprint density at radius 1 is 1.10 bits per heavy atom. The van der Waals surface area contributed by atoms with Crippen LogP contribution in [0.5, 0.6) is 5.75 Å². The van der Waals surface area contributed by atoms with Crippen molar-refractivity contribution in [1.29, 1.82) is 0 Å². The zero-order chi connectivity index (χ0) is 14.5. The van der Waals surface area contributed by atoms with Crippen LogP contribution in [-0.2, 0) is 6.42 Å². The molecule has 0 saturated heterocycles. The smallest absolute Gasteiger partial charge is 0.127 e. The molecule has 0 bridgehead atoms. The number of imidazole rings is 1. The summed E-state index contributed by atoms with van der Waals surface area (Å²) in [6, 6.07) is 16.5. The summed E-state index contributed by atoms with van der Waals surface area (Å²) >= 11 is 0. The van der Waals surface area contributed by atoms with Gasteiger partial charge in [0.1, 0.15) is 11.6 Å². The fourth-order valence-electron chi connectivity index (χ4n) is 2.25. The number of nitrogens with zero attached hydrogens (tertiary/aromatic N) is 1. The van der Waals surface area contributed by atoms with Crippen molar-refractivity contribution in [2.24, 2.45) is 0 Å². The summed E-state index contributed by atoms with van der Waals surface area (Å²) in [6.45, 7) is 0. The van der Waals surface area contributed by atoms with Gasteiger partial charge in [-0.2, -0.15) is 0 Å². The third-order valence-electron chi connectivity index (χ3n) is 3.32. The molecule has 106 valence electrons. The van der Waals surface area contributed by atoms with Crippen molar-refractivity contribution < 1.29 is 4.74 Å². The van der Waals surface area contributed by atoms with Crippen LogP contribution in [0.15, 0.2) is 61.1 Å². The summed E-state index contributed by atoms with van der Waals surface area (Å²) in [4.78, 5) is 7.00. The molecular formula is C17H17N3O. The molecule has 4 nitrogen and oxygen atoms in total. The van der Waals surface area contributed by atoms with Crippen LogP contribution in [0, 0.1) is 0 Å². The first-order valence-electron chi connectivity index (χ1n) is 6.81. The lowest BCUT2D eigenvalue weighted by Crippen LogP contribution is -1.94. The molecule has 0 amide bonds. The van der Waals surface area contributed by atoms with E-state index in [9.17, 15) is 0 Å². The van der Waals surface area contributed by atoms with Gasteiger partial charge in [0.25, 0.3) is 0 Å². The first-order valence-corrected chi connectivity index (χ1v) is 6.81. The second-order valence-corrected chi connectivity index (χ2v) is 4.78. The topological polar surface area (TPSA) is 49.9 Å². The summed E-state index contributed by atoms with van der Waals surface area (Å²) in [7, 11) is 1.70. The molecule has 2 aromatic carbocycles. The first kappa shape index (κ1) is 13.2. The van der Waals surface area contributed by atoms with Crippen LogP contribution < -0.4 is 10.1 Å². The number of benzene rings is 2. The number of hydrogen-bond donors (Lipinski definition) is 2. The van der Waals surface area contributed by atoms with Gasteiger partial charge in [-0.05, 0) is 29.3 Å². The van der Waals surface area contributed by atoms with Crippen LogP contribution in [-0.4, -0.2) is 17.1 Å². The van der Waals surface area contributed by atoms with Crippen LogP contribution in [0.3, 0.4) is 0 Å². The van der Waals surface area contributed by atoms with Gasteiger partial charge in [0.2, 0.25) is 0 Å². The van der Waals surface area contributed by atoms with E-state index in [1.54, 1.807) is 19.6 Å². The number of nitrogens with one attached hydrogen (secondary N) is 2. The van der Waals surface area contributed by atoms with Gasteiger partial charge >= 0.3 is 0 Å². The standard InChI is InChI=1S/C17H17N3O/c1-21-16-5-3-2-4-14(16)10-13-6-8-15(9-7-13)20-17-11-18-12-19-17/h2-9,11-12,20H,10H2,1H3,(H,18,19). The second kappa shape index (κ2) is 6.13. The van der Waals surface area contributed by atoms with Gasteiger partial charge in [-0.1, -0.05) is 30.3 Å². The molecule has 0 aliphatic carbocycles. The van der Waals surface area contributed by atoms with Crippen molar-refractivity contribution in [2.45, 2.75) is 6.42 Å². The number of aromatic amines is 1. The van der Waals surface area contributed by atoms with E-state index in [1.165, 1.54) is 11.1 Å². The van der Waals surface area contributed by atoms with Gasteiger partial charge in [-0.3, -0.25) is 0 Å². The summed E-state index contributed by atoms with van der Waals surface area (Å²) in [5.41, 5.74) is 3.46. The molecule has 0 atom stereocenters. The molecule has 0 unspecified atom stereocenters. The Labute approximate surface area is 123 Å². The van der Waals surface area contributed by atoms with E-state index in [4.69, 9.17) is 4.74 Å². The number of rotatable bonds is 5. The predicted molar refractivity (Wildman–Crippen MR) is 84.1 cm³/mol. The monoisotopic (exact) mass is 279 g/mol. The van der Waals surface area contributed by atoms with Gasteiger partial charge in [0.15, 0.2) is 0 Å². The van der Waals surface area contributed by atoms with E-state index in [-0.39, 0.29) is 0 Å². The lowest BCUT2D eigenvalue weighted by atomic mass is 10.0. The predicted octanol–water partition coefficient (Wildman–Crippen LogP) is 3.75. The molecule has 21 heavy (non-hydrogen) atoms. The number of para-hydroxylation sites is 1. The highest BCUT2D eigenvalue weighted by atomic mass is 16.5. The highest BCUT2D eigenvalue weighted by Gasteiger charge is 2.03. The lowest BCUT2D eigenvalue weighted by Gasteiger charge is -2.09. The van der Waals surface area contributed by atoms with Gasteiger partial charge in [-0.15, -0.1) is 0 Å². The maximum Gasteiger partial charge on any atom is 0.127 e. The molecule has 2 N–H and O–H groups in total. The zero-order valence-electron chi connectivity index (χ0n) is 11.8. The summed E-state index contributed by atoms with van der Waals surface area (Å²) in [5.74, 6) is 1.81. The maximum absolute atomic E-state index is 5.39. The van der Waals surface area contributed by atoms with Crippen LogP contribution in [0.2, 0.25) is 0 Å². The maximum atomic E-state index is 5.39. The molecule has 0 radical (unpaired) electrons. The third kappa shape index (κ3) is 3.23. The normalized spacial score (nSPS) is 10.3. The van der Waals surface area contributed by atoms with Gasteiger partial charge in [-0.25, -0.2) is 4.98 Å². The van der Waals surface area contributed by atoms with Crippen molar-refractivity contribution in [1.82, 2.24) is 9.97 Å². The molecule has 0 aliphatic rings. The first-order chi connectivity index (χ1) is 10.3. The molecule has 0 spiro atoms. The Balaban J connectivity index is 1.72. The van der Waals surface area contributed by atoms with Crippen molar-refractivity contribution in [2.75, 3.05) is 12.4 Å². The summed E-state index contributed by atoms with van der Waals surface area (Å²) < 4.78 is 5.39. The summed E-state index contributed by atoms with van der Waals surface area (Å²) in [5, 5.41) is 3.25. The largest absolute Gasteiger partial charge is 0.496 e. The van der Waals surface area contributed by atoms with Crippen LogP contribution in [0.4, 0.5) is 11.5 Å². The van der Waals surface area contributed by atoms with E-state index in [0.717, 1.165) is 23.7 Å². The number of hydrogen-bond acceptors (Lipinski definition) is 3. The number of aromatic nitrogens is 2. The average molecular weight is 279 g/mol. The molecule has 3 aromatic rings. The van der Waals surface area contributed by atoms with E-state index < -0.39 is 0 Å². The Hall–Kier alpha value is -2.75. The molecule has 0 fully saturated rings. The highest BCUT2D eigenvalue weighted by Crippen LogP contribution is 2.22. The van der Waals surface area contributed by atoms with E-state index in [2.05, 4.69) is 45.6 Å². The average Bonchev–Trinajstić information content (AvgIpc) is 3.03. The number of methoxy groups -OCH3 is 1. The zero-order valence-corrected chi connectivity index (χ0v) is 11.8. The summed E-state index contributed by atoms with van der Waals surface area (Å²) in [6.07, 6.45) is 4.26. The van der Waals surface area contributed by atoms with Crippen LogP contribution >= 0.6 is 0 Å². The SMILES string of the molecule is COc1ccccc1Cc1ccc(Nc2cnc[nH]2)cc1. The molecule has 4 heteroatoms. The Morgan fingerprint density at radius 3 is 2.62 bits per heavy atom. The van der Waals surface area contributed by atoms with Gasteiger partial charge in [0.05, 0.1) is 19.6 Å². The number of H-pyrrole nitrogens is 1. The van der Waals surface area contributed by atoms with Gasteiger partial charge < -0.3 is 15.0 Å². The highest BCUT2D eigenvalue weighted by molar-refractivity contribution is 5.55. The molecule has 1 heterocycles. The second-order valence-electron chi connectivity index (χ2n) is 4.78. The fourth-order valence-corrected chi connectivity index (χ4v) is 2.25. The molecule has 1 aromatic heterocycles. The van der Waals surface area contributed by atoms with E-state index in [0.29, 0.717) is 0 Å². The van der Waals surface area contributed by atoms with Crippen LogP contribution in [0.25, 0.3) is 0 Å². The molecular weight excluding hydrogens is 262 g/mol. The quantitative estimate of drug-likeness (QED) is 0.747. The molecule has 0 saturated carbocycles. The number of anilines is 2. The molecule has 3 rings (SSSR count). The lowest BCUT2D eigenvalue weighted by molar-refractivity contribution is 0.410. The number of ether oxygens (including phenoxy) is 1. The Bertz CT molecular complexity index is 690.